The lowest BCUT2D eigenvalue weighted by Gasteiger charge is -2.42. The summed E-state index contributed by atoms with van der Waals surface area (Å²) in [6.07, 6.45) is -4.65. The molecule has 0 radical (unpaired) electrons. The Morgan fingerprint density at radius 3 is 2.45 bits per heavy atom. The molecular formula is C15H21NO6. The van der Waals surface area contributed by atoms with E-state index in [1.165, 1.54) is 6.92 Å². The Balaban J connectivity index is 2.18. The van der Waals surface area contributed by atoms with Crippen molar-refractivity contribution in [3.8, 4) is 5.75 Å². The van der Waals surface area contributed by atoms with E-state index in [0.29, 0.717) is 5.75 Å². The number of aliphatic hydroxyl groups is 3. The first-order chi connectivity index (χ1) is 10.4. The lowest BCUT2D eigenvalue weighted by atomic mass is 9.97. The Labute approximate surface area is 128 Å². The van der Waals surface area contributed by atoms with Crippen molar-refractivity contribution in [1.82, 2.24) is 5.32 Å². The predicted molar refractivity (Wildman–Crippen MR) is 77.2 cm³/mol. The quantitative estimate of drug-likeness (QED) is 0.587. The molecule has 1 heterocycles. The monoisotopic (exact) mass is 311 g/mol. The number of ether oxygens (including phenoxy) is 2. The molecule has 0 spiro atoms. The van der Waals surface area contributed by atoms with Crippen LogP contribution in [0.5, 0.6) is 5.75 Å². The van der Waals surface area contributed by atoms with Gasteiger partial charge in [0.25, 0.3) is 0 Å². The summed E-state index contributed by atoms with van der Waals surface area (Å²) < 4.78 is 11.1. The van der Waals surface area contributed by atoms with Gasteiger partial charge in [-0.15, -0.1) is 0 Å². The van der Waals surface area contributed by atoms with Gasteiger partial charge in [-0.3, -0.25) is 4.79 Å². The SMILES string of the molecule is CC(=O)N[C@@H]1[C@@H](Oc2ccc(C)cc2)O[C@H](CO)[C@H](O)[C@H]1O. The van der Waals surface area contributed by atoms with Gasteiger partial charge in [-0.2, -0.15) is 0 Å². The molecule has 2 rings (SSSR count). The fourth-order valence-electron chi connectivity index (χ4n) is 2.32. The highest BCUT2D eigenvalue weighted by Gasteiger charge is 2.46. The van der Waals surface area contributed by atoms with Crippen molar-refractivity contribution in [1.29, 1.82) is 0 Å². The van der Waals surface area contributed by atoms with E-state index in [-0.39, 0.29) is 5.91 Å². The molecule has 1 aliphatic rings. The fourth-order valence-corrected chi connectivity index (χ4v) is 2.32. The summed E-state index contributed by atoms with van der Waals surface area (Å²) in [5.74, 6) is 0.103. The minimum atomic E-state index is -1.32. The molecule has 5 atom stereocenters. The van der Waals surface area contributed by atoms with Crippen LogP contribution in [-0.4, -0.2) is 58.5 Å². The highest BCUT2D eigenvalue weighted by molar-refractivity contribution is 5.73. The van der Waals surface area contributed by atoms with E-state index in [4.69, 9.17) is 9.47 Å². The molecule has 1 fully saturated rings. The minimum Gasteiger partial charge on any atom is -0.463 e. The molecule has 0 unspecified atom stereocenters. The first-order valence-electron chi connectivity index (χ1n) is 7.05. The van der Waals surface area contributed by atoms with Gasteiger partial charge in [-0.05, 0) is 19.1 Å². The molecule has 4 N–H and O–H groups in total. The number of carbonyl (C=O) groups is 1. The molecule has 0 aromatic heterocycles. The summed E-state index contributed by atoms with van der Waals surface area (Å²) >= 11 is 0. The standard InChI is InChI=1S/C15H21NO6/c1-8-3-5-10(6-4-8)21-15-12(16-9(2)18)14(20)13(19)11(7-17)22-15/h3-6,11-15,17,19-20H,7H2,1-2H3,(H,16,18)/t11-,12+,13+,14+,15+/m1/s1. The average molecular weight is 311 g/mol. The van der Waals surface area contributed by atoms with Gasteiger partial charge in [0, 0.05) is 6.92 Å². The Bertz CT molecular complexity index is 505. The largest absolute Gasteiger partial charge is 0.463 e. The van der Waals surface area contributed by atoms with Crippen molar-refractivity contribution in [3.63, 3.8) is 0 Å². The molecule has 0 bridgehead atoms. The second-order valence-corrected chi connectivity index (χ2v) is 5.36. The molecule has 22 heavy (non-hydrogen) atoms. The van der Waals surface area contributed by atoms with Crippen molar-refractivity contribution in [2.24, 2.45) is 0 Å². The molecular weight excluding hydrogens is 290 g/mol. The zero-order valence-corrected chi connectivity index (χ0v) is 12.5. The van der Waals surface area contributed by atoms with Gasteiger partial charge in [-0.25, -0.2) is 0 Å². The van der Waals surface area contributed by atoms with Gasteiger partial charge < -0.3 is 30.1 Å². The Morgan fingerprint density at radius 1 is 1.27 bits per heavy atom. The number of carbonyl (C=O) groups excluding carboxylic acids is 1. The van der Waals surface area contributed by atoms with Gasteiger partial charge in [0.15, 0.2) is 0 Å². The summed E-state index contributed by atoms with van der Waals surface area (Å²) in [6, 6.07) is 6.21. The first-order valence-corrected chi connectivity index (χ1v) is 7.05. The van der Waals surface area contributed by atoms with Gasteiger partial charge in [-0.1, -0.05) is 17.7 Å². The number of rotatable bonds is 4. The number of nitrogens with one attached hydrogen (secondary N) is 1. The first kappa shape index (κ1) is 16.7. The van der Waals surface area contributed by atoms with Gasteiger partial charge >= 0.3 is 0 Å². The van der Waals surface area contributed by atoms with Gasteiger partial charge in [0.05, 0.1) is 6.61 Å². The normalized spacial score (nSPS) is 31.6. The minimum absolute atomic E-state index is 0.389. The molecule has 1 amide bonds. The fraction of sp³-hybridized carbons (Fsp3) is 0.533. The van der Waals surface area contributed by atoms with Crippen LogP contribution in [0.3, 0.4) is 0 Å². The third kappa shape index (κ3) is 3.75. The highest BCUT2D eigenvalue weighted by Crippen LogP contribution is 2.24. The summed E-state index contributed by atoms with van der Waals surface area (Å²) in [7, 11) is 0. The molecule has 1 aliphatic heterocycles. The molecule has 1 saturated heterocycles. The van der Waals surface area contributed by atoms with Crippen LogP contribution in [0.25, 0.3) is 0 Å². The number of hydrogen-bond acceptors (Lipinski definition) is 6. The zero-order valence-electron chi connectivity index (χ0n) is 12.5. The van der Waals surface area contributed by atoms with E-state index in [0.717, 1.165) is 5.56 Å². The summed E-state index contributed by atoms with van der Waals surface area (Å²) in [4.78, 5) is 11.3. The van der Waals surface area contributed by atoms with E-state index in [1.807, 2.05) is 19.1 Å². The van der Waals surface area contributed by atoms with Crippen LogP contribution >= 0.6 is 0 Å². The zero-order chi connectivity index (χ0) is 16.3. The molecule has 7 nitrogen and oxygen atoms in total. The molecule has 0 aliphatic carbocycles. The number of aliphatic hydroxyl groups excluding tert-OH is 3. The molecule has 0 saturated carbocycles. The van der Waals surface area contributed by atoms with E-state index in [1.54, 1.807) is 12.1 Å². The van der Waals surface area contributed by atoms with Crippen LogP contribution in [0.1, 0.15) is 12.5 Å². The van der Waals surface area contributed by atoms with Gasteiger partial charge in [0.2, 0.25) is 12.2 Å². The Hall–Kier alpha value is -1.67. The van der Waals surface area contributed by atoms with Crippen molar-refractivity contribution in [2.75, 3.05) is 6.61 Å². The molecule has 7 heteroatoms. The molecule has 1 aromatic rings. The summed E-state index contributed by atoms with van der Waals surface area (Å²) in [6.45, 7) is 2.75. The van der Waals surface area contributed by atoms with Crippen molar-refractivity contribution < 1.29 is 29.6 Å². The predicted octanol–water partition coefficient (Wildman–Crippen LogP) is -0.682. The van der Waals surface area contributed by atoms with Crippen LogP contribution in [-0.2, 0) is 9.53 Å². The third-order valence-electron chi connectivity index (χ3n) is 3.52. The van der Waals surface area contributed by atoms with Crippen molar-refractivity contribution in [2.45, 2.75) is 44.5 Å². The Kier molecular flexibility index (Phi) is 5.36. The maximum Gasteiger partial charge on any atom is 0.223 e. The van der Waals surface area contributed by atoms with Crippen molar-refractivity contribution in [3.05, 3.63) is 29.8 Å². The molecule has 1 aromatic carbocycles. The Morgan fingerprint density at radius 2 is 1.91 bits per heavy atom. The maximum atomic E-state index is 11.3. The summed E-state index contributed by atoms with van der Waals surface area (Å²) in [5.41, 5.74) is 1.05. The van der Waals surface area contributed by atoms with Crippen LogP contribution in [0.2, 0.25) is 0 Å². The van der Waals surface area contributed by atoms with Gasteiger partial charge in [0.1, 0.15) is 30.1 Å². The number of hydrogen-bond donors (Lipinski definition) is 4. The van der Waals surface area contributed by atoms with E-state index in [9.17, 15) is 20.1 Å². The topological polar surface area (TPSA) is 108 Å². The van der Waals surface area contributed by atoms with E-state index < -0.39 is 37.3 Å². The average Bonchev–Trinajstić information content (AvgIpc) is 2.48. The van der Waals surface area contributed by atoms with E-state index in [2.05, 4.69) is 5.32 Å². The third-order valence-corrected chi connectivity index (χ3v) is 3.52. The smallest absolute Gasteiger partial charge is 0.223 e. The second kappa shape index (κ2) is 7.06. The van der Waals surface area contributed by atoms with Crippen molar-refractivity contribution >= 4 is 5.91 Å². The van der Waals surface area contributed by atoms with Crippen LogP contribution in [0.4, 0.5) is 0 Å². The maximum absolute atomic E-state index is 11.3. The number of benzene rings is 1. The lowest BCUT2D eigenvalue weighted by molar-refractivity contribution is -0.244. The summed E-state index contributed by atoms with van der Waals surface area (Å²) in [5, 5.41) is 31.8. The van der Waals surface area contributed by atoms with Crippen LogP contribution in [0, 0.1) is 6.92 Å². The lowest BCUT2D eigenvalue weighted by Crippen LogP contribution is -2.65. The van der Waals surface area contributed by atoms with Crippen LogP contribution < -0.4 is 10.1 Å². The van der Waals surface area contributed by atoms with E-state index >= 15 is 0 Å². The number of aryl methyl sites for hydroxylation is 1. The van der Waals surface area contributed by atoms with Crippen LogP contribution in [0.15, 0.2) is 24.3 Å². The number of amides is 1. The molecule has 122 valence electrons. The highest BCUT2D eigenvalue weighted by atomic mass is 16.7. The second-order valence-electron chi connectivity index (χ2n) is 5.36.